The molecule has 0 saturated carbocycles. The summed E-state index contributed by atoms with van der Waals surface area (Å²) in [5, 5.41) is 17.2. The minimum absolute atomic E-state index is 0.0991. The second-order valence-electron chi connectivity index (χ2n) is 10.2. The topological polar surface area (TPSA) is 122 Å². The minimum atomic E-state index is -0.767. The van der Waals surface area contributed by atoms with Crippen LogP contribution in [0.25, 0.3) is 11.3 Å². The summed E-state index contributed by atoms with van der Waals surface area (Å²) in [5.74, 6) is -0.00680. The summed E-state index contributed by atoms with van der Waals surface area (Å²) in [4.78, 5) is 32.3. The van der Waals surface area contributed by atoms with Crippen LogP contribution in [0, 0.1) is 19.3 Å². The van der Waals surface area contributed by atoms with E-state index in [0.29, 0.717) is 23.8 Å². The highest BCUT2D eigenvalue weighted by molar-refractivity contribution is 5.91. The Morgan fingerprint density at radius 1 is 1.23 bits per heavy atom. The van der Waals surface area contributed by atoms with Crippen molar-refractivity contribution in [2.75, 3.05) is 6.54 Å². The van der Waals surface area contributed by atoms with Crippen LogP contribution in [0.4, 0.5) is 0 Å². The first kappa shape index (κ1) is 24.7. The summed E-state index contributed by atoms with van der Waals surface area (Å²) in [5.41, 5.74) is 2.83. The van der Waals surface area contributed by atoms with Gasteiger partial charge in [0, 0.05) is 31.1 Å². The van der Waals surface area contributed by atoms with E-state index < -0.39 is 23.5 Å². The van der Waals surface area contributed by atoms with Crippen molar-refractivity contribution >= 4 is 11.8 Å². The number of aliphatic hydroxyl groups excluding tert-OH is 1. The minimum Gasteiger partial charge on any atom is -0.443 e. The molecule has 1 unspecified atom stereocenters. The standard InChI is InChI=1S/C26H32N4O5/c1-15-10-21(35-29-15)22(26(3,4)5)25(33)30-13-19(31)11-20(30)24(32)27-12-17-6-8-18(9-7-17)23-16(2)28-14-34-23/h6-10,14,19-20,22,31H,11-13H2,1-5H3,(H,27,32)/t19-,20+,22?/m1/s1. The lowest BCUT2D eigenvalue weighted by Crippen LogP contribution is -2.49. The van der Waals surface area contributed by atoms with Gasteiger partial charge in [0.05, 0.1) is 17.5 Å². The number of hydrogen-bond acceptors (Lipinski definition) is 7. The average molecular weight is 481 g/mol. The van der Waals surface area contributed by atoms with Crippen molar-refractivity contribution < 1.29 is 23.6 Å². The molecular formula is C26H32N4O5. The lowest BCUT2D eigenvalue weighted by Gasteiger charge is -2.33. The van der Waals surface area contributed by atoms with Gasteiger partial charge in [-0.05, 0) is 24.8 Å². The highest BCUT2D eigenvalue weighted by atomic mass is 16.5. The molecular weight excluding hydrogens is 448 g/mol. The van der Waals surface area contributed by atoms with Crippen LogP contribution in [-0.2, 0) is 16.1 Å². The average Bonchev–Trinajstić information content (AvgIpc) is 3.51. The van der Waals surface area contributed by atoms with Gasteiger partial charge in [-0.1, -0.05) is 50.2 Å². The number of carbonyl (C=O) groups is 2. The summed E-state index contributed by atoms with van der Waals surface area (Å²) in [6, 6.07) is 8.63. The van der Waals surface area contributed by atoms with Gasteiger partial charge in [-0.3, -0.25) is 9.59 Å². The predicted molar refractivity (Wildman–Crippen MR) is 128 cm³/mol. The second kappa shape index (κ2) is 9.65. The fourth-order valence-corrected chi connectivity index (χ4v) is 4.57. The second-order valence-corrected chi connectivity index (χ2v) is 10.2. The van der Waals surface area contributed by atoms with Crippen LogP contribution in [0.2, 0.25) is 0 Å². The summed E-state index contributed by atoms with van der Waals surface area (Å²) in [7, 11) is 0. The number of nitrogens with zero attached hydrogens (tertiary/aromatic N) is 3. The Balaban J connectivity index is 1.46. The van der Waals surface area contributed by atoms with Crippen LogP contribution >= 0.6 is 0 Å². The highest BCUT2D eigenvalue weighted by Gasteiger charge is 2.45. The van der Waals surface area contributed by atoms with E-state index in [9.17, 15) is 14.7 Å². The van der Waals surface area contributed by atoms with Crippen LogP contribution in [0.15, 0.2) is 45.7 Å². The van der Waals surface area contributed by atoms with Crippen molar-refractivity contribution in [3.05, 3.63) is 59.4 Å². The Hall–Kier alpha value is -3.46. The lowest BCUT2D eigenvalue weighted by molar-refractivity contribution is -0.142. The maximum absolute atomic E-state index is 13.6. The van der Waals surface area contributed by atoms with Crippen LogP contribution in [0.3, 0.4) is 0 Å². The monoisotopic (exact) mass is 480 g/mol. The largest absolute Gasteiger partial charge is 0.443 e. The van der Waals surface area contributed by atoms with Gasteiger partial charge >= 0.3 is 0 Å². The Bertz CT molecular complexity index is 1190. The van der Waals surface area contributed by atoms with E-state index in [1.165, 1.54) is 11.3 Å². The molecule has 0 spiro atoms. The molecule has 1 aliphatic rings. The van der Waals surface area contributed by atoms with Crippen LogP contribution in [0.5, 0.6) is 0 Å². The molecule has 9 heteroatoms. The number of oxazole rings is 1. The van der Waals surface area contributed by atoms with Gasteiger partial charge in [-0.2, -0.15) is 0 Å². The molecule has 0 bridgehead atoms. The summed E-state index contributed by atoms with van der Waals surface area (Å²) >= 11 is 0. The molecule has 2 amide bonds. The smallest absolute Gasteiger partial charge is 0.243 e. The third-order valence-corrected chi connectivity index (χ3v) is 6.34. The number of nitrogens with one attached hydrogen (secondary N) is 1. The Morgan fingerprint density at radius 2 is 1.94 bits per heavy atom. The molecule has 1 saturated heterocycles. The molecule has 1 fully saturated rings. The Kier molecular flexibility index (Phi) is 6.80. The summed E-state index contributed by atoms with van der Waals surface area (Å²) in [6.45, 7) is 9.90. The van der Waals surface area contributed by atoms with Gasteiger partial charge in [0.1, 0.15) is 17.7 Å². The molecule has 2 aromatic heterocycles. The van der Waals surface area contributed by atoms with E-state index >= 15 is 0 Å². The Labute approximate surface area is 204 Å². The van der Waals surface area contributed by atoms with Crippen LogP contribution in [-0.4, -0.2) is 50.7 Å². The molecule has 35 heavy (non-hydrogen) atoms. The number of β-amino-alcohol motifs (C(OH)–C–C–N with tert-alkyl or cyclic N) is 1. The molecule has 186 valence electrons. The van der Waals surface area contributed by atoms with Gasteiger partial charge in [-0.15, -0.1) is 0 Å². The molecule has 2 N–H and O–H groups in total. The zero-order chi connectivity index (χ0) is 25.3. The molecule has 0 aliphatic carbocycles. The van der Waals surface area contributed by atoms with E-state index in [0.717, 1.165) is 16.8 Å². The first-order valence-electron chi connectivity index (χ1n) is 11.7. The van der Waals surface area contributed by atoms with Crippen molar-refractivity contribution in [1.82, 2.24) is 20.4 Å². The van der Waals surface area contributed by atoms with E-state index in [4.69, 9.17) is 8.94 Å². The normalized spacial score (nSPS) is 19.1. The van der Waals surface area contributed by atoms with E-state index in [2.05, 4.69) is 15.5 Å². The quantitative estimate of drug-likeness (QED) is 0.555. The maximum atomic E-state index is 13.6. The lowest BCUT2D eigenvalue weighted by atomic mass is 9.78. The SMILES string of the molecule is Cc1cc(C(C(=O)N2C[C@H](O)C[C@H]2C(=O)NCc2ccc(-c3ocnc3C)cc2)C(C)(C)C)on1. The van der Waals surface area contributed by atoms with Gasteiger partial charge in [0.25, 0.3) is 0 Å². The van der Waals surface area contributed by atoms with Gasteiger partial charge < -0.3 is 24.3 Å². The number of benzene rings is 1. The predicted octanol–water partition coefficient (Wildman–Crippen LogP) is 3.35. The molecule has 9 nitrogen and oxygen atoms in total. The van der Waals surface area contributed by atoms with Gasteiger partial charge in [0.15, 0.2) is 12.2 Å². The number of hydrogen-bond donors (Lipinski definition) is 2. The summed E-state index contributed by atoms with van der Waals surface area (Å²) in [6.07, 6.45) is 0.833. The number of aliphatic hydroxyl groups is 1. The first-order chi connectivity index (χ1) is 16.5. The fourth-order valence-electron chi connectivity index (χ4n) is 4.57. The number of likely N-dealkylation sites (tertiary alicyclic amines) is 1. The molecule has 4 rings (SSSR count). The number of aromatic nitrogens is 2. The molecule has 3 aromatic rings. The van der Waals surface area contributed by atoms with Crippen molar-refractivity contribution in [2.24, 2.45) is 5.41 Å². The van der Waals surface area contributed by atoms with Gasteiger partial charge in [-0.25, -0.2) is 4.98 Å². The molecule has 3 atom stereocenters. The van der Waals surface area contributed by atoms with Crippen molar-refractivity contribution in [3.63, 3.8) is 0 Å². The number of rotatable bonds is 6. The van der Waals surface area contributed by atoms with Gasteiger partial charge in [0.2, 0.25) is 11.8 Å². The fraction of sp³-hybridized carbons (Fsp3) is 0.462. The van der Waals surface area contributed by atoms with Crippen molar-refractivity contribution in [3.8, 4) is 11.3 Å². The first-order valence-corrected chi connectivity index (χ1v) is 11.7. The third-order valence-electron chi connectivity index (χ3n) is 6.34. The molecule has 0 radical (unpaired) electrons. The van der Waals surface area contributed by atoms with Crippen LogP contribution in [0.1, 0.15) is 55.8 Å². The zero-order valence-electron chi connectivity index (χ0n) is 20.7. The summed E-state index contributed by atoms with van der Waals surface area (Å²) < 4.78 is 10.9. The molecule has 1 aliphatic heterocycles. The highest BCUT2D eigenvalue weighted by Crippen LogP contribution is 2.38. The van der Waals surface area contributed by atoms with Crippen molar-refractivity contribution in [2.45, 2.75) is 65.6 Å². The van der Waals surface area contributed by atoms with Crippen molar-refractivity contribution in [1.29, 1.82) is 0 Å². The van der Waals surface area contributed by atoms with E-state index in [1.54, 1.807) is 13.0 Å². The number of aryl methyl sites for hydroxylation is 2. The zero-order valence-corrected chi connectivity index (χ0v) is 20.7. The third kappa shape index (κ3) is 5.30. The van der Waals surface area contributed by atoms with E-state index in [1.807, 2.05) is 52.0 Å². The number of amides is 2. The number of carbonyl (C=O) groups excluding carboxylic acids is 2. The Morgan fingerprint density at radius 3 is 2.51 bits per heavy atom. The molecule has 3 heterocycles. The van der Waals surface area contributed by atoms with Crippen LogP contribution < -0.4 is 5.32 Å². The van der Waals surface area contributed by atoms with E-state index in [-0.39, 0.29) is 24.8 Å². The molecule has 1 aromatic carbocycles. The maximum Gasteiger partial charge on any atom is 0.243 e.